The summed E-state index contributed by atoms with van der Waals surface area (Å²) < 4.78 is 0. The molecule has 0 aliphatic rings. The third-order valence-corrected chi connectivity index (χ3v) is 3.36. The van der Waals surface area contributed by atoms with E-state index in [4.69, 9.17) is 0 Å². The highest BCUT2D eigenvalue weighted by Gasteiger charge is 2.03. The summed E-state index contributed by atoms with van der Waals surface area (Å²) in [5.74, 6) is 0. The van der Waals surface area contributed by atoms with Crippen LogP contribution in [0.4, 0.5) is 0 Å². The monoisotopic (exact) mass is 210 g/mol. The molecular formula is C16H18. The largest absolute Gasteiger partial charge is 0.0620 e. The summed E-state index contributed by atoms with van der Waals surface area (Å²) in [4.78, 5) is 0. The topological polar surface area (TPSA) is 0 Å². The van der Waals surface area contributed by atoms with Gasteiger partial charge in [0.05, 0.1) is 0 Å². The van der Waals surface area contributed by atoms with E-state index in [0.717, 1.165) is 6.42 Å². The standard InChI is InChI=1S/C16H18/c1-12-8-6-10-16(14(12)3)11-15-9-5-4-7-13(15)2/h4-10H,11H2,1-3H3. The van der Waals surface area contributed by atoms with Crippen LogP contribution < -0.4 is 0 Å². The summed E-state index contributed by atoms with van der Waals surface area (Å²) in [5, 5.41) is 0. The summed E-state index contributed by atoms with van der Waals surface area (Å²) >= 11 is 0. The lowest BCUT2D eigenvalue weighted by molar-refractivity contribution is 1.11. The molecule has 0 saturated carbocycles. The van der Waals surface area contributed by atoms with Gasteiger partial charge in [0.25, 0.3) is 0 Å². The zero-order valence-electron chi connectivity index (χ0n) is 10.2. The van der Waals surface area contributed by atoms with Crippen molar-refractivity contribution in [1.29, 1.82) is 0 Å². The van der Waals surface area contributed by atoms with E-state index in [1.165, 1.54) is 27.8 Å². The van der Waals surface area contributed by atoms with E-state index in [2.05, 4.69) is 63.2 Å². The highest BCUT2D eigenvalue weighted by Crippen LogP contribution is 2.18. The summed E-state index contributed by atoms with van der Waals surface area (Å²) in [7, 11) is 0. The van der Waals surface area contributed by atoms with Crippen molar-refractivity contribution in [2.24, 2.45) is 0 Å². The van der Waals surface area contributed by atoms with Gasteiger partial charge in [0.15, 0.2) is 0 Å². The van der Waals surface area contributed by atoms with Crippen LogP contribution in [0.15, 0.2) is 42.5 Å². The predicted octanol–water partition coefficient (Wildman–Crippen LogP) is 4.20. The molecule has 2 rings (SSSR count). The molecule has 0 unspecified atom stereocenters. The molecule has 0 fully saturated rings. The first-order valence-corrected chi connectivity index (χ1v) is 5.78. The van der Waals surface area contributed by atoms with E-state index in [0.29, 0.717) is 0 Å². The van der Waals surface area contributed by atoms with Crippen molar-refractivity contribution in [3.8, 4) is 0 Å². The Bertz CT molecular complexity index is 495. The Hall–Kier alpha value is -1.56. The second-order valence-corrected chi connectivity index (χ2v) is 4.46. The smallest absolute Gasteiger partial charge is 0.00204 e. The molecule has 0 atom stereocenters. The maximum Gasteiger partial charge on any atom is -0.00204 e. The van der Waals surface area contributed by atoms with Gasteiger partial charge in [-0.3, -0.25) is 0 Å². The van der Waals surface area contributed by atoms with Crippen LogP contribution in [0.3, 0.4) is 0 Å². The lowest BCUT2D eigenvalue weighted by Gasteiger charge is -2.10. The molecule has 82 valence electrons. The summed E-state index contributed by atoms with van der Waals surface area (Å²) in [6.45, 7) is 6.57. The maximum absolute atomic E-state index is 2.23. The zero-order valence-corrected chi connectivity index (χ0v) is 10.2. The Balaban J connectivity index is 2.35. The summed E-state index contributed by atoms with van der Waals surface area (Å²) in [5.41, 5.74) is 7.05. The van der Waals surface area contributed by atoms with Crippen molar-refractivity contribution in [2.45, 2.75) is 27.2 Å². The first-order chi connectivity index (χ1) is 7.68. The highest BCUT2D eigenvalue weighted by molar-refractivity contribution is 5.38. The molecule has 2 aromatic rings. The maximum atomic E-state index is 2.23. The van der Waals surface area contributed by atoms with E-state index in [9.17, 15) is 0 Å². The highest BCUT2D eigenvalue weighted by atomic mass is 14.1. The second kappa shape index (κ2) is 4.52. The number of aryl methyl sites for hydroxylation is 2. The van der Waals surface area contributed by atoms with Gasteiger partial charge in [0.2, 0.25) is 0 Å². The minimum atomic E-state index is 1.04. The van der Waals surface area contributed by atoms with Crippen molar-refractivity contribution >= 4 is 0 Å². The number of rotatable bonds is 2. The molecule has 0 heteroatoms. The van der Waals surface area contributed by atoms with Crippen molar-refractivity contribution in [3.05, 3.63) is 70.3 Å². The molecule has 0 saturated heterocycles. The van der Waals surface area contributed by atoms with Crippen LogP contribution in [0.1, 0.15) is 27.8 Å². The normalized spacial score (nSPS) is 10.4. The van der Waals surface area contributed by atoms with Gasteiger partial charge in [0, 0.05) is 0 Å². The van der Waals surface area contributed by atoms with Crippen molar-refractivity contribution < 1.29 is 0 Å². The lowest BCUT2D eigenvalue weighted by atomic mass is 9.95. The molecule has 0 N–H and O–H groups in total. The molecule has 0 heterocycles. The Kier molecular flexibility index (Phi) is 3.09. The fraction of sp³-hybridized carbons (Fsp3) is 0.250. The average Bonchev–Trinajstić information content (AvgIpc) is 2.28. The van der Waals surface area contributed by atoms with Crippen molar-refractivity contribution in [1.82, 2.24) is 0 Å². The summed E-state index contributed by atoms with van der Waals surface area (Å²) in [6, 6.07) is 15.2. The Morgan fingerprint density at radius 2 is 1.31 bits per heavy atom. The molecular weight excluding hydrogens is 192 g/mol. The van der Waals surface area contributed by atoms with Gasteiger partial charge >= 0.3 is 0 Å². The van der Waals surface area contributed by atoms with Crippen LogP contribution in [-0.4, -0.2) is 0 Å². The Labute approximate surface area is 97.9 Å². The Morgan fingerprint density at radius 1 is 0.688 bits per heavy atom. The van der Waals surface area contributed by atoms with Gasteiger partial charge in [-0.15, -0.1) is 0 Å². The Morgan fingerprint density at radius 3 is 2.06 bits per heavy atom. The van der Waals surface area contributed by atoms with Crippen LogP contribution in [-0.2, 0) is 6.42 Å². The first kappa shape index (κ1) is 10.9. The van der Waals surface area contributed by atoms with Crippen LogP contribution in [0.25, 0.3) is 0 Å². The van der Waals surface area contributed by atoms with E-state index in [1.807, 2.05) is 0 Å². The zero-order chi connectivity index (χ0) is 11.5. The van der Waals surface area contributed by atoms with Gasteiger partial charge in [-0.05, 0) is 55.0 Å². The van der Waals surface area contributed by atoms with Crippen molar-refractivity contribution in [3.63, 3.8) is 0 Å². The molecule has 2 aromatic carbocycles. The van der Waals surface area contributed by atoms with Crippen molar-refractivity contribution in [2.75, 3.05) is 0 Å². The van der Waals surface area contributed by atoms with E-state index >= 15 is 0 Å². The van der Waals surface area contributed by atoms with Gasteiger partial charge < -0.3 is 0 Å². The quantitative estimate of drug-likeness (QED) is 0.696. The fourth-order valence-corrected chi connectivity index (χ4v) is 2.02. The van der Waals surface area contributed by atoms with Crippen LogP contribution in [0, 0.1) is 20.8 Å². The third-order valence-electron chi connectivity index (χ3n) is 3.36. The van der Waals surface area contributed by atoms with Crippen LogP contribution in [0.2, 0.25) is 0 Å². The molecule has 0 aliphatic carbocycles. The van der Waals surface area contributed by atoms with Crippen LogP contribution in [0.5, 0.6) is 0 Å². The molecule has 0 radical (unpaired) electrons. The average molecular weight is 210 g/mol. The number of benzene rings is 2. The van der Waals surface area contributed by atoms with Gasteiger partial charge in [-0.2, -0.15) is 0 Å². The third kappa shape index (κ3) is 2.16. The number of hydrogen-bond donors (Lipinski definition) is 0. The van der Waals surface area contributed by atoms with E-state index in [-0.39, 0.29) is 0 Å². The molecule has 0 nitrogen and oxygen atoms in total. The minimum absolute atomic E-state index is 1.04. The molecule has 0 spiro atoms. The predicted molar refractivity (Wildman–Crippen MR) is 69.9 cm³/mol. The summed E-state index contributed by atoms with van der Waals surface area (Å²) in [6.07, 6.45) is 1.04. The van der Waals surface area contributed by atoms with E-state index in [1.54, 1.807) is 0 Å². The molecule has 0 aromatic heterocycles. The minimum Gasteiger partial charge on any atom is -0.0620 e. The fourth-order valence-electron chi connectivity index (χ4n) is 2.02. The van der Waals surface area contributed by atoms with Crippen LogP contribution >= 0.6 is 0 Å². The SMILES string of the molecule is Cc1ccccc1Cc1cccc(C)c1C. The molecule has 16 heavy (non-hydrogen) atoms. The first-order valence-electron chi connectivity index (χ1n) is 5.78. The van der Waals surface area contributed by atoms with Gasteiger partial charge in [0.1, 0.15) is 0 Å². The van der Waals surface area contributed by atoms with Gasteiger partial charge in [-0.1, -0.05) is 42.5 Å². The lowest BCUT2D eigenvalue weighted by Crippen LogP contribution is -1.95. The van der Waals surface area contributed by atoms with E-state index < -0.39 is 0 Å². The second-order valence-electron chi connectivity index (χ2n) is 4.46. The molecule has 0 bridgehead atoms. The molecule has 0 amide bonds. The van der Waals surface area contributed by atoms with Gasteiger partial charge in [-0.25, -0.2) is 0 Å². The molecule has 0 aliphatic heterocycles. The number of hydrogen-bond acceptors (Lipinski definition) is 0.